The highest BCUT2D eigenvalue weighted by Gasteiger charge is 2.42. The van der Waals surface area contributed by atoms with Crippen LogP contribution in [0.2, 0.25) is 0 Å². The van der Waals surface area contributed by atoms with Crippen molar-refractivity contribution in [2.24, 2.45) is 17.8 Å². The number of aromatic nitrogens is 1. The van der Waals surface area contributed by atoms with Crippen LogP contribution in [0, 0.1) is 17.8 Å². The van der Waals surface area contributed by atoms with E-state index >= 15 is 0 Å². The Morgan fingerprint density at radius 1 is 1.20 bits per heavy atom. The van der Waals surface area contributed by atoms with Gasteiger partial charge in [0, 0.05) is 54.7 Å². The average Bonchev–Trinajstić information content (AvgIpc) is 3.21. The van der Waals surface area contributed by atoms with Crippen LogP contribution in [0.4, 0.5) is 0 Å². The van der Waals surface area contributed by atoms with Gasteiger partial charge in [0.05, 0.1) is 5.92 Å². The molecule has 3 aliphatic rings. The van der Waals surface area contributed by atoms with Crippen LogP contribution in [0.25, 0.3) is 10.9 Å². The minimum absolute atomic E-state index is 0.0474. The molecular formula is C31H45N3O. The number of nitrogens with zero attached hydrogens (tertiary/aromatic N) is 2. The summed E-state index contributed by atoms with van der Waals surface area (Å²) in [5.74, 6) is 2.14. The van der Waals surface area contributed by atoms with E-state index in [9.17, 15) is 4.79 Å². The topological polar surface area (TPSA) is 37.3 Å². The van der Waals surface area contributed by atoms with Crippen molar-refractivity contribution in [1.29, 1.82) is 0 Å². The molecule has 1 saturated heterocycles. The van der Waals surface area contributed by atoms with Crippen LogP contribution in [0.15, 0.2) is 37.1 Å². The molecular weight excluding hydrogens is 430 g/mol. The van der Waals surface area contributed by atoms with Gasteiger partial charge in [-0.2, -0.15) is 0 Å². The van der Waals surface area contributed by atoms with Gasteiger partial charge in [-0.1, -0.05) is 50.8 Å². The normalized spacial score (nSPS) is 29.4. The van der Waals surface area contributed by atoms with Crippen LogP contribution in [0.1, 0.15) is 88.8 Å². The molecule has 2 aliphatic carbocycles. The largest absolute Gasteiger partial charge is 0.356 e. The molecule has 5 atom stereocenters. The Hall–Kier alpha value is -2.07. The fourth-order valence-corrected chi connectivity index (χ4v) is 7.41. The average molecular weight is 476 g/mol. The second-order valence-electron chi connectivity index (χ2n) is 12.0. The maximum Gasteiger partial charge on any atom is 0.224 e. The Morgan fingerprint density at radius 2 is 2.03 bits per heavy atom. The number of rotatable bonds is 6. The first-order valence-electron chi connectivity index (χ1n) is 14.2. The van der Waals surface area contributed by atoms with Crippen LogP contribution >= 0.6 is 0 Å². The molecule has 1 aromatic carbocycles. The molecule has 0 radical (unpaired) electrons. The summed E-state index contributed by atoms with van der Waals surface area (Å²) < 4.78 is 2.43. The predicted octanol–water partition coefficient (Wildman–Crippen LogP) is 6.46. The zero-order valence-electron chi connectivity index (χ0n) is 22.1. The van der Waals surface area contributed by atoms with E-state index in [1.54, 1.807) is 0 Å². The highest BCUT2D eigenvalue weighted by atomic mass is 16.1. The monoisotopic (exact) mass is 475 g/mol. The first-order chi connectivity index (χ1) is 17.0. The predicted molar refractivity (Wildman–Crippen MR) is 146 cm³/mol. The van der Waals surface area contributed by atoms with Crippen molar-refractivity contribution >= 4 is 16.8 Å². The number of piperidine rings is 1. The molecule has 2 fully saturated rings. The third kappa shape index (κ3) is 4.96. The molecule has 5 rings (SSSR count). The van der Waals surface area contributed by atoms with Crippen LogP contribution in [0.5, 0.6) is 0 Å². The molecule has 190 valence electrons. The number of hydrogen-bond donors (Lipinski definition) is 1. The maximum absolute atomic E-state index is 13.5. The Bertz CT molecular complexity index is 1050. The third-order valence-electron chi connectivity index (χ3n) is 9.12. The lowest BCUT2D eigenvalue weighted by molar-refractivity contribution is -0.127. The molecule has 4 nitrogen and oxygen atoms in total. The molecule has 1 aliphatic heterocycles. The van der Waals surface area contributed by atoms with E-state index in [1.807, 2.05) is 6.08 Å². The van der Waals surface area contributed by atoms with E-state index in [0.717, 1.165) is 38.4 Å². The van der Waals surface area contributed by atoms with Gasteiger partial charge < -0.3 is 9.88 Å². The summed E-state index contributed by atoms with van der Waals surface area (Å²) in [6.45, 7) is 13.5. The molecule has 1 amide bonds. The molecule has 2 heterocycles. The Morgan fingerprint density at radius 3 is 2.83 bits per heavy atom. The zero-order chi connectivity index (χ0) is 24.5. The van der Waals surface area contributed by atoms with Crippen molar-refractivity contribution in [1.82, 2.24) is 14.8 Å². The van der Waals surface area contributed by atoms with Gasteiger partial charge in [-0.15, -0.1) is 6.58 Å². The maximum atomic E-state index is 13.5. The SMILES string of the molecule is C=CCN1CC(C(=O)NCC2CCCCCC(C)C2)C[C@@H]2c3cccc4c3c(cn4C(C)C)C[C@H]21. The number of likely N-dealkylation sites (tertiary alicyclic amines) is 1. The first-order valence-corrected chi connectivity index (χ1v) is 14.2. The van der Waals surface area contributed by atoms with Gasteiger partial charge in [-0.3, -0.25) is 9.69 Å². The number of nitrogens with one attached hydrogen (secondary N) is 1. The number of amides is 1. The molecule has 1 aromatic heterocycles. The van der Waals surface area contributed by atoms with Crippen molar-refractivity contribution in [3.8, 4) is 0 Å². The molecule has 0 bridgehead atoms. The minimum atomic E-state index is 0.0474. The third-order valence-corrected chi connectivity index (χ3v) is 9.12. The van der Waals surface area contributed by atoms with Crippen molar-refractivity contribution in [3.05, 3.63) is 48.2 Å². The van der Waals surface area contributed by atoms with E-state index in [2.05, 4.69) is 66.5 Å². The van der Waals surface area contributed by atoms with Gasteiger partial charge in [0.15, 0.2) is 0 Å². The van der Waals surface area contributed by atoms with Gasteiger partial charge in [0.2, 0.25) is 5.91 Å². The van der Waals surface area contributed by atoms with E-state index in [0.29, 0.717) is 23.9 Å². The van der Waals surface area contributed by atoms with Crippen LogP contribution in [-0.2, 0) is 11.2 Å². The van der Waals surface area contributed by atoms with Crippen molar-refractivity contribution < 1.29 is 4.79 Å². The minimum Gasteiger partial charge on any atom is -0.356 e. The second-order valence-corrected chi connectivity index (χ2v) is 12.0. The van der Waals surface area contributed by atoms with Gasteiger partial charge in [-0.05, 0) is 68.6 Å². The highest BCUT2D eigenvalue weighted by molar-refractivity contribution is 5.89. The summed E-state index contributed by atoms with van der Waals surface area (Å²) in [5, 5.41) is 4.87. The standard InChI is InChI=1S/C31H45N3O/c1-5-14-33-19-25(31(35)32-18-23-11-8-6-7-10-22(4)15-23)16-27-26-12-9-13-28-30(26)24(17-29(27)33)20-34(28)21(2)3/h5,9,12-13,20-23,25,27,29H,1,6-8,10-11,14-19H2,2-4H3,(H,32,35)/t22?,23?,25?,27-,29-/m1/s1. The molecule has 2 aromatic rings. The molecule has 1 saturated carbocycles. The van der Waals surface area contributed by atoms with Crippen LogP contribution in [-0.4, -0.2) is 41.1 Å². The van der Waals surface area contributed by atoms with Gasteiger partial charge in [0.1, 0.15) is 0 Å². The Labute approximate surface area is 212 Å². The van der Waals surface area contributed by atoms with Crippen molar-refractivity contribution in [2.75, 3.05) is 19.6 Å². The number of carbonyl (C=O) groups is 1. The fraction of sp³-hybridized carbons (Fsp3) is 0.645. The summed E-state index contributed by atoms with van der Waals surface area (Å²) >= 11 is 0. The number of benzene rings is 1. The summed E-state index contributed by atoms with van der Waals surface area (Å²) in [5.41, 5.74) is 4.28. The van der Waals surface area contributed by atoms with E-state index in [4.69, 9.17) is 0 Å². The van der Waals surface area contributed by atoms with Crippen LogP contribution < -0.4 is 5.32 Å². The van der Waals surface area contributed by atoms with E-state index in [1.165, 1.54) is 60.6 Å². The number of hydrogen-bond acceptors (Lipinski definition) is 2. The fourth-order valence-electron chi connectivity index (χ4n) is 7.41. The van der Waals surface area contributed by atoms with Gasteiger partial charge >= 0.3 is 0 Å². The molecule has 3 unspecified atom stereocenters. The summed E-state index contributed by atoms with van der Waals surface area (Å²) in [6.07, 6.45) is 14.3. The molecule has 4 heteroatoms. The highest BCUT2D eigenvalue weighted by Crippen LogP contribution is 2.45. The Balaban J connectivity index is 1.36. The molecule has 0 spiro atoms. The van der Waals surface area contributed by atoms with Gasteiger partial charge in [-0.25, -0.2) is 0 Å². The van der Waals surface area contributed by atoms with Crippen LogP contribution in [0.3, 0.4) is 0 Å². The summed E-state index contributed by atoms with van der Waals surface area (Å²) in [7, 11) is 0. The van der Waals surface area contributed by atoms with Crippen molar-refractivity contribution in [3.63, 3.8) is 0 Å². The summed E-state index contributed by atoms with van der Waals surface area (Å²) in [4.78, 5) is 16.1. The quantitative estimate of drug-likeness (QED) is 0.487. The second kappa shape index (κ2) is 10.5. The van der Waals surface area contributed by atoms with Gasteiger partial charge in [0.25, 0.3) is 0 Å². The van der Waals surface area contributed by atoms with E-state index in [-0.39, 0.29) is 11.8 Å². The lowest BCUT2D eigenvalue weighted by atomic mass is 9.72. The summed E-state index contributed by atoms with van der Waals surface area (Å²) in [6, 6.07) is 7.72. The lowest BCUT2D eigenvalue weighted by Crippen LogP contribution is -2.53. The molecule has 1 N–H and O–H groups in total. The molecule has 35 heavy (non-hydrogen) atoms. The first kappa shape index (κ1) is 24.6. The lowest BCUT2D eigenvalue weighted by Gasteiger charge is -2.46. The smallest absolute Gasteiger partial charge is 0.224 e. The van der Waals surface area contributed by atoms with Crippen molar-refractivity contribution in [2.45, 2.75) is 90.1 Å². The van der Waals surface area contributed by atoms with E-state index < -0.39 is 0 Å². The Kier molecular flexibility index (Phi) is 7.39. The number of carbonyl (C=O) groups excluding carboxylic acids is 1. The zero-order valence-corrected chi connectivity index (χ0v) is 22.1. The number of fused-ring (bicyclic) bond motifs is 2.